The standard InChI is InChI=1S/C27H37ClFN5O3/c1-17-21(11-12-23(29)32-17)25(33-37-27(2,3)4)19-7-9-20(10-8-19)34-26(35)24(28)22(15-31-34)30-14-18-6-5-13-36-16-18/h11-12,15,18-20,30H,5-10,13-14,16H2,1-4H3/b33-25-/t18-,19-,20-/m0/s1. The van der Waals surface area contributed by atoms with Gasteiger partial charge >= 0.3 is 0 Å². The summed E-state index contributed by atoms with van der Waals surface area (Å²) >= 11 is 6.47. The van der Waals surface area contributed by atoms with Gasteiger partial charge in [-0.25, -0.2) is 9.67 Å². The quantitative estimate of drug-likeness (QED) is 0.286. The Morgan fingerprint density at radius 3 is 2.68 bits per heavy atom. The van der Waals surface area contributed by atoms with Crippen LogP contribution in [0.15, 0.2) is 28.3 Å². The number of hydrogen-bond donors (Lipinski definition) is 1. The summed E-state index contributed by atoms with van der Waals surface area (Å²) in [5, 5.41) is 12.4. The van der Waals surface area contributed by atoms with Crippen LogP contribution in [0.5, 0.6) is 0 Å². The third-order valence-electron chi connectivity index (χ3n) is 6.95. The molecule has 1 atom stereocenters. The van der Waals surface area contributed by atoms with Crippen molar-refractivity contribution in [1.82, 2.24) is 14.8 Å². The monoisotopic (exact) mass is 533 g/mol. The van der Waals surface area contributed by atoms with Crippen molar-refractivity contribution < 1.29 is 14.0 Å². The minimum Gasteiger partial charge on any atom is -0.390 e. The van der Waals surface area contributed by atoms with Crippen molar-refractivity contribution in [2.24, 2.45) is 17.0 Å². The fraction of sp³-hybridized carbons (Fsp3) is 0.630. The molecule has 0 radical (unpaired) electrons. The molecule has 1 saturated heterocycles. The summed E-state index contributed by atoms with van der Waals surface area (Å²) in [4.78, 5) is 22.8. The van der Waals surface area contributed by atoms with Crippen LogP contribution in [0.2, 0.25) is 5.02 Å². The number of ether oxygens (including phenoxy) is 1. The first kappa shape index (κ1) is 27.5. The van der Waals surface area contributed by atoms with Crippen LogP contribution in [0.25, 0.3) is 0 Å². The summed E-state index contributed by atoms with van der Waals surface area (Å²) in [7, 11) is 0. The first-order valence-electron chi connectivity index (χ1n) is 13.1. The molecule has 2 aromatic heterocycles. The minimum atomic E-state index is -0.520. The Hall–Kier alpha value is -2.52. The molecular weight excluding hydrogens is 497 g/mol. The predicted molar refractivity (Wildman–Crippen MR) is 143 cm³/mol. The molecule has 10 heteroatoms. The van der Waals surface area contributed by atoms with Gasteiger partial charge in [-0.1, -0.05) is 16.8 Å². The molecule has 1 saturated carbocycles. The van der Waals surface area contributed by atoms with E-state index < -0.39 is 11.5 Å². The summed E-state index contributed by atoms with van der Waals surface area (Å²) in [6.45, 7) is 9.82. The zero-order valence-electron chi connectivity index (χ0n) is 22.1. The molecule has 1 aliphatic carbocycles. The highest BCUT2D eigenvalue weighted by Gasteiger charge is 2.30. The highest BCUT2D eigenvalue weighted by Crippen LogP contribution is 2.35. The van der Waals surface area contributed by atoms with Crippen LogP contribution in [-0.2, 0) is 9.57 Å². The van der Waals surface area contributed by atoms with Gasteiger partial charge in [0.15, 0.2) is 0 Å². The first-order chi connectivity index (χ1) is 17.6. The first-order valence-corrected chi connectivity index (χ1v) is 13.5. The van der Waals surface area contributed by atoms with Crippen molar-refractivity contribution in [2.45, 2.75) is 77.9 Å². The Balaban J connectivity index is 1.46. The molecule has 2 aromatic rings. The van der Waals surface area contributed by atoms with Gasteiger partial charge in [0.05, 0.1) is 30.2 Å². The number of pyridine rings is 1. The maximum absolute atomic E-state index is 13.7. The maximum atomic E-state index is 13.7. The van der Waals surface area contributed by atoms with E-state index in [0.29, 0.717) is 23.8 Å². The van der Waals surface area contributed by atoms with Gasteiger partial charge in [-0.15, -0.1) is 0 Å². The van der Waals surface area contributed by atoms with Gasteiger partial charge in [-0.2, -0.15) is 9.49 Å². The third kappa shape index (κ3) is 7.08. The van der Waals surface area contributed by atoms with Gasteiger partial charge in [-0.05, 0) is 84.3 Å². The van der Waals surface area contributed by atoms with E-state index in [1.807, 2.05) is 20.8 Å². The van der Waals surface area contributed by atoms with Gasteiger partial charge in [0, 0.05) is 30.3 Å². The van der Waals surface area contributed by atoms with Gasteiger partial charge in [-0.3, -0.25) is 4.79 Å². The van der Waals surface area contributed by atoms with Crippen molar-refractivity contribution >= 4 is 23.0 Å². The van der Waals surface area contributed by atoms with Crippen LogP contribution in [-0.4, -0.2) is 45.8 Å². The van der Waals surface area contributed by atoms with Crippen LogP contribution >= 0.6 is 11.6 Å². The van der Waals surface area contributed by atoms with Crippen LogP contribution in [0, 0.1) is 24.7 Å². The lowest BCUT2D eigenvalue weighted by Crippen LogP contribution is -2.33. The van der Waals surface area contributed by atoms with Gasteiger partial charge < -0.3 is 14.9 Å². The highest BCUT2D eigenvalue weighted by atomic mass is 35.5. The number of aromatic nitrogens is 3. The Labute approximate surface area is 222 Å². The lowest BCUT2D eigenvalue weighted by atomic mass is 9.81. The number of anilines is 1. The topological polar surface area (TPSA) is 90.6 Å². The largest absolute Gasteiger partial charge is 0.390 e. The summed E-state index contributed by atoms with van der Waals surface area (Å²) in [6, 6.07) is 3.01. The molecule has 1 aliphatic heterocycles. The molecule has 0 bridgehead atoms. The lowest BCUT2D eigenvalue weighted by molar-refractivity contribution is -0.000104. The summed E-state index contributed by atoms with van der Waals surface area (Å²) in [5.41, 5.74) is 1.95. The molecule has 8 nitrogen and oxygen atoms in total. The van der Waals surface area contributed by atoms with Gasteiger partial charge in [0.2, 0.25) is 5.95 Å². The summed E-state index contributed by atoms with van der Waals surface area (Å²) in [6.07, 6.45) is 6.83. The molecule has 1 N–H and O–H groups in total. The molecular formula is C27H37ClFN5O3. The van der Waals surface area contributed by atoms with Crippen molar-refractivity contribution in [1.29, 1.82) is 0 Å². The highest BCUT2D eigenvalue weighted by molar-refractivity contribution is 6.32. The molecule has 2 fully saturated rings. The number of nitrogens with zero attached hydrogens (tertiary/aromatic N) is 4. The van der Waals surface area contributed by atoms with Crippen LogP contribution < -0.4 is 10.9 Å². The van der Waals surface area contributed by atoms with E-state index in [4.69, 9.17) is 21.2 Å². The summed E-state index contributed by atoms with van der Waals surface area (Å²) in [5.74, 6) is -0.0247. The van der Waals surface area contributed by atoms with E-state index in [9.17, 15) is 9.18 Å². The number of rotatable bonds is 7. The number of hydrogen-bond acceptors (Lipinski definition) is 7. The zero-order valence-corrected chi connectivity index (χ0v) is 22.9. The number of aryl methyl sites for hydroxylation is 1. The normalized spacial score (nSPS) is 23.1. The fourth-order valence-corrected chi connectivity index (χ4v) is 5.18. The second-order valence-corrected chi connectivity index (χ2v) is 11.4. The van der Waals surface area contributed by atoms with E-state index in [0.717, 1.165) is 63.0 Å². The second kappa shape index (κ2) is 11.9. The number of oxime groups is 1. The Morgan fingerprint density at radius 1 is 1.27 bits per heavy atom. The lowest BCUT2D eigenvalue weighted by Gasteiger charge is -2.30. The second-order valence-electron chi connectivity index (χ2n) is 11.0. The van der Waals surface area contributed by atoms with E-state index in [-0.39, 0.29) is 22.5 Å². The predicted octanol–water partition coefficient (Wildman–Crippen LogP) is 5.53. The van der Waals surface area contributed by atoms with Crippen LogP contribution in [0.3, 0.4) is 0 Å². The van der Waals surface area contributed by atoms with E-state index in [2.05, 4.69) is 20.6 Å². The zero-order chi connectivity index (χ0) is 26.6. The molecule has 37 heavy (non-hydrogen) atoms. The Kier molecular flexibility index (Phi) is 8.85. The van der Waals surface area contributed by atoms with E-state index >= 15 is 0 Å². The van der Waals surface area contributed by atoms with Crippen molar-refractivity contribution in [3.05, 3.63) is 50.9 Å². The molecule has 0 spiro atoms. The van der Waals surface area contributed by atoms with Crippen molar-refractivity contribution in [3.8, 4) is 0 Å². The molecule has 3 heterocycles. The fourth-order valence-electron chi connectivity index (χ4n) is 4.98. The Bertz CT molecular complexity index is 1170. The number of nitrogens with one attached hydrogen (secondary N) is 1. The SMILES string of the molecule is Cc1nc(F)ccc1/C(=N\OC(C)(C)C)[C@H]1CC[C@H](n2ncc(NC[C@@H]3CCCOC3)c(Cl)c2=O)CC1. The van der Waals surface area contributed by atoms with E-state index in [1.165, 1.54) is 10.7 Å². The smallest absolute Gasteiger partial charge is 0.287 e. The molecule has 0 amide bonds. The molecule has 4 rings (SSSR count). The average Bonchev–Trinajstić information content (AvgIpc) is 2.86. The third-order valence-corrected chi connectivity index (χ3v) is 7.32. The van der Waals surface area contributed by atoms with E-state index in [1.54, 1.807) is 19.2 Å². The minimum absolute atomic E-state index is 0.0562. The number of halogens is 2. The molecule has 0 unspecified atom stereocenters. The molecule has 202 valence electrons. The maximum Gasteiger partial charge on any atom is 0.287 e. The van der Waals surface area contributed by atoms with Gasteiger partial charge in [0.25, 0.3) is 5.56 Å². The molecule has 0 aromatic carbocycles. The average molecular weight is 534 g/mol. The van der Waals surface area contributed by atoms with Crippen LogP contribution in [0.1, 0.15) is 76.6 Å². The molecule has 2 aliphatic rings. The Morgan fingerprint density at radius 2 is 2.03 bits per heavy atom. The van der Waals surface area contributed by atoms with Crippen molar-refractivity contribution in [3.63, 3.8) is 0 Å². The van der Waals surface area contributed by atoms with Crippen molar-refractivity contribution in [2.75, 3.05) is 25.1 Å². The van der Waals surface area contributed by atoms with Crippen LogP contribution in [0.4, 0.5) is 10.1 Å². The van der Waals surface area contributed by atoms with Gasteiger partial charge in [0.1, 0.15) is 10.6 Å². The summed E-state index contributed by atoms with van der Waals surface area (Å²) < 4.78 is 20.7.